The van der Waals surface area contributed by atoms with Gasteiger partial charge in [-0.3, -0.25) is 0 Å². The van der Waals surface area contributed by atoms with E-state index in [9.17, 15) is 8.42 Å². The molecule has 16 heavy (non-hydrogen) atoms. The summed E-state index contributed by atoms with van der Waals surface area (Å²) in [4.78, 5) is 0. The third-order valence-corrected chi connectivity index (χ3v) is 4.89. The molecule has 0 aliphatic heterocycles. The Balaban J connectivity index is 2.49. The van der Waals surface area contributed by atoms with E-state index in [1.165, 1.54) is 17.1 Å². The number of likely N-dealkylation sites (N-methyl/N-ethyl adjacent to an activating group) is 1. The second-order valence-electron chi connectivity index (χ2n) is 4.75. The van der Waals surface area contributed by atoms with E-state index < -0.39 is 10.0 Å². The van der Waals surface area contributed by atoms with Crippen molar-refractivity contribution in [2.75, 3.05) is 20.1 Å². The Morgan fingerprint density at radius 2 is 2.12 bits per heavy atom. The summed E-state index contributed by atoms with van der Waals surface area (Å²) in [6, 6.07) is 0.545. The van der Waals surface area contributed by atoms with E-state index in [1.807, 2.05) is 6.92 Å². The van der Waals surface area contributed by atoms with Gasteiger partial charge in [0.05, 0.1) is 5.25 Å². The number of nitrogens with one attached hydrogen (secondary N) is 1. The van der Waals surface area contributed by atoms with E-state index in [0.717, 1.165) is 5.57 Å². The van der Waals surface area contributed by atoms with Crippen LogP contribution in [0.5, 0.6) is 0 Å². The third-order valence-electron chi connectivity index (χ3n) is 2.71. The molecular weight excluding hydrogens is 224 g/mol. The van der Waals surface area contributed by atoms with E-state index in [4.69, 9.17) is 0 Å². The van der Waals surface area contributed by atoms with Crippen LogP contribution in [-0.2, 0) is 10.0 Å². The summed E-state index contributed by atoms with van der Waals surface area (Å²) in [5.74, 6) is 0. The van der Waals surface area contributed by atoms with E-state index in [1.54, 1.807) is 14.0 Å². The van der Waals surface area contributed by atoms with E-state index in [-0.39, 0.29) is 5.25 Å². The smallest absolute Gasteiger partial charge is 0.218 e. The maximum Gasteiger partial charge on any atom is 0.218 e. The molecule has 1 aliphatic rings. The highest BCUT2D eigenvalue weighted by Crippen LogP contribution is 2.19. The Hall–Kier alpha value is -0.390. The lowest BCUT2D eigenvalue weighted by Gasteiger charge is -2.22. The lowest BCUT2D eigenvalue weighted by atomic mass is 10.4. The molecule has 1 aliphatic carbocycles. The minimum atomic E-state index is -3.19. The van der Waals surface area contributed by atoms with Crippen molar-refractivity contribution in [1.29, 1.82) is 0 Å². The molecule has 0 spiro atoms. The van der Waals surface area contributed by atoms with Crippen molar-refractivity contribution < 1.29 is 8.42 Å². The number of sulfonamides is 1. The average molecular weight is 246 g/mol. The first-order valence-electron chi connectivity index (χ1n) is 5.67. The SMILES string of the molecule is C=C(C)CN(C)S(=O)(=O)C(C)CNC1CC1. The largest absolute Gasteiger partial charge is 0.313 e. The fourth-order valence-electron chi connectivity index (χ4n) is 1.50. The molecule has 1 rings (SSSR count). The number of hydrogen-bond acceptors (Lipinski definition) is 3. The maximum absolute atomic E-state index is 12.0. The van der Waals surface area contributed by atoms with Crippen LogP contribution >= 0.6 is 0 Å². The molecule has 1 fully saturated rings. The van der Waals surface area contributed by atoms with Crippen LogP contribution in [0.3, 0.4) is 0 Å². The van der Waals surface area contributed by atoms with Crippen molar-refractivity contribution in [2.45, 2.75) is 38.0 Å². The third kappa shape index (κ3) is 3.88. The summed E-state index contributed by atoms with van der Waals surface area (Å²) in [6.45, 7) is 8.25. The predicted molar refractivity (Wildman–Crippen MR) is 66.9 cm³/mol. The topological polar surface area (TPSA) is 49.4 Å². The van der Waals surface area contributed by atoms with Crippen LogP contribution in [0.1, 0.15) is 26.7 Å². The number of rotatable bonds is 7. The Morgan fingerprint density at radius 1 is 1.56 bits per heavy atom. The predicted octanol–water partition coefficient (Wildman–Crippen LogP) is 0.965. The Morgan fingerprint density at radius 3 is 2.56 bits per heavy atom. The molecule has 4 nitrogen and oxygen atoms in total. The normalized spacial score (nSPS) is 18.8. The van der Waals surface area contributed by atoms with Crippen LogP contribution < -0.4 is 5.32 Å². The summed E-state index contributed by atoms with van der Waals surface area (Å²) in [7, 11) is -1.58. The highest BCUT2D eigenvalue weighted by atomic mass is 32.2. The Bertz CT molecular complexity index is 347. The molecule has 0 bridgehead atoms. The monoisotopic (exact) mass is 246 g/mol. The first kappa shape index (κ1) is 13.7. The number of nitrogens with zero attached hydrogens (tertiary/aromatic N) is 1. The van der Waals surface area contributed by atoms with Crippen molar-refractivity contribution in [3.8, 4) is 0 Å². The molecule has 1 N–H and O–H groups in total. The van der Waals surface area contributed by atoms with Gasteiger partial charge in [0.1, 0.15) is 0 Å². The molecule has 94 valence electrons. The summed E-state index contributed by atoms with van der Waals surface area (Å²) < 4.78 is 25.5. The molecule has 0 amide bonds. The first-order valence-corrected chi connectivity index (χ1v) is 7.17. The van der Waals surface area contributed by atoms with Crippen LogP contribution in [-0.4, -0.2) is 44.2 Å². The molecule has 1 saturated carbocycles. The average Bonchev–Trinajstić information content (AvgIpc) is 2.96. The molecule has 1 unspecified atom stereocenters. The van der Waals surface area contributed by atoms with Crippen LogP contribution in [0, 0.1) is 0 Å². The van der Waals surface area contributed by atoms with Gasteiger partial charge in [-0.05, 0) is 26.7 Å². The second-order valence-corrected chi connectivity index (χ2v) is 7.21. The quantitative estimate of drug-likeness (QED) is 0.681. The van der Waals surface area contributed by atoms with Gasteiger partial charge in [-0.2, -0.15) is 0 Å². The van der Waals surface area contributed by atoms with Gasteiger partial charge >= 0.3 is 0 Å². The van der Waals surface area contributed by atoms with Gasteiger partial charge < -0.3 is 5.32 Å². The number of hydrogen-bond donors (Lipinski definition) is 1. The first-order chi connectivity index (χ1) is 7.34. The zero-order valence-corrected chi connectivity index (χ0v) is 11.2. The fourth-order valence-corrected chi connectivity index (χ4v) is 2.82. The van der Waals surface area contributed by atoms with Gasteiger partial charge in [0.15, 0.2) is 0 Å². The highest BCUT2D eigenvalue weighted by Gasteiger charge is 2.28. The zero-order valence-electron chi connectivity index (χ0n) is 10.4. The molecular formula is C11H22N2O2S. The Labute approximate surface area is 98.8 Å². The van der Waals surface area contributed by atoms with Gasteiger partial charge in [-0.25, -0.2) is 12.7 Å². The van der Waals surface area contributed by atoms with Crippen molar-refractivity contribution in [3.63, 3.8) is 0 Å². The van der Waals surface area contributed by atoms with Gasteiger partial charge in [-0.1, -0.05) is 12.2 Å². The standard InChI is InChI=1S/C11H22N2O2S/c1-9(2)8-13(4)16(14,15)10(3)7-12-11-5-6-11/h10-12H,1,5-8H2,2-4H3. The van der Waals surface area contributed by atoms with Gasteiger partial charge in [-0.15, -0.1) is 0 Å². The summed E-state index contributed by atoms with van der Waals surface area (Å²) in [6.07, 6.45) is 2.35. The van der Waals surface area contributed by atoms with Crippen molar-refractivity contribution >= 4 is 10.0 Å². The summed E-state index contributed by atoms with van der Waals surface area (Å²) in [5, 5.41) is 2.87. The minimum absolute atomic E-state index is 0.377. The molecule has 0 heterocycles. The van der Waals surface area contributed by atoms with Crippen molar-refractivity contribution in [3.05, 3.63) is 12.2 Å². The van der Waals surface area contributed by atoms with Gasteiger partial charge in [0.25, 0.3) is 0 Å². The van der Waals surface area contributed by atoms with Crippen molar-refractivity contribution in [1.82, 2.24) is 9.62 Å². The van der Waals surface area contributed by atoms with Crippen LogP contribution in [0.2, 0.25) is 0 Å². The summed E-state index contributed by atoms with van der Waals surface area (Å²) in [5.41, 5.74) is 0.855. The van der Waals surface area contributed by atoms with E-state index in [0.29, 0.717) is 19.1 Å². The van der Waals surface area contributed by atoms with Crippen molar-refractivity contribution in [2.24, 2.45) is 0 Å². The molecule has 0 aromatic heterocycles. The molecule has 5 heteroatoms. The second kappa shape index (κ2) is 5.29. The van der Waals surface area contributed by atoms with E-state index in [2.05, 4.69) is 11.9 Å². The molecule has 0 aromatic carbocycles. The fraction of sp³-hybridized carbons (Fsp3) is 0.818. The van der Waals surface area contributed by atoms with Gasteiger partial charge in [0, 0.05) is 26.2 Å². The highest BCUT2D eigenvalue weighted by molar-refractivity contribution is 7.89. The van der Waals surface area contributed by atoms with Gasteiger partial charge in [0.2, 0.25) is 10.0 Å². The lowest BCUT2D eigenvalue weighted by molar-refractivity contribution is 0.477. The minimum Gasteiger partial charge on any atom is -0.313 e. The zero-order chi connectivity index (χ0) is 12.3. The molecule has 0 radical (unpaired) electrons. The molecule has 0 aromatic rings. The van der Waals surface area contributed by atoms with Crippen LogP contribution in [0.4, 0.5) is 0 Å². The lowest BCUT2D eigenvalue weighted by Crippen LogP contribution is -2.41. The molecule has 0 saturated heterocycles. The van der Waals surface area contributed by atoms with Crippen LogP contribution in [0.25, 0.3) is 0 Å². The molecule has 1 atom stereocenters. The van der Waals surface area contributed by atoms with Crippen LogP contribution in [0.15, 0.2) is 12.2 Å². The maximum atomic E-state index is 12.0. The Kier molecular flexibility index (Phi) is 4.52. The van der Waals surface area contributed by atoms with E-state index >= 15 is 0 Å². The summed E-state index contributed by atoms with van der Waals surface area (Å²) >= 11 is 0.